The average molecular weight is 483 g/mol. The Morgan fingerprint density at radius 2 is 0.943 bits per heavy atom. The van der Waals surface area contributed by atoms with E-state index in [1.54, 1.807) is 24.3 Å². The van der Waals surface area contributed by atoms with Gasteiger partial charge in [0.05, 0.1) is 13.2 Å². The summed E-state index contributed by atoms with van der Waals surface area (Å²) >= 11 is 0. The van der Waals surface area contributed by atoms with Crippen molar-refractivity contribution in [3.05, 3.63) is 59.7 Å². The summed E-state index contributed by atoms with van der Waals surface area (Å²) in [6.45, 7) is 7.01. The average Bonchev–Trinajstić information content (AvgIpc) is 2.88. The fourth-order valence-electron chi connectivity index (χ4n) is 3.46. The van der Waals surface area contributed by atoms with Crippen LogP contribution in [-0.2, 0) is 0 Å². The summed E-state index contributed by atoms with van der Waals surface area (Å²) in [7, 11) is 0. The second-order valence-corrected chi connectivity index (χ2v) is 8.73. The molecule has 0 spiro atoms. The molecule has 0 aromatic heterocycles. The minimum Gasteiger partial charge on any atom is -0.494 e. The van der Waals surface area contributed by atoms with Gasteiger partial charge in [0, 0.05) is 24.2 Å². The van der Waals surface area contributed by atoms with Crippen molar-refractivity contribution in [2.45, 2.75) is 71.6 Å². The van der Waals surface area contributed by atoms with E-state index in [-0.39, 0.29) is 11.8 Å². The van der Waals surface area contributed by atoms with Gasteiger partial charge in [0.25, 0.3) is 11.8 Å². The number of rotatable bonds is 18. The molecule has 192 valence electrons. The quantitative estimate of drug-likeness (QED) is 0.250. The van der Waals surface area contributed by atoms with Crippen molar-refractivity contribution in [3.8, 4) is 11.5 Å². The smallest absolute Gasteiger partial charge is 0.251 e. The van der Waals surface area contributed by atoms with Crippen LogP contribution in [0.25, 0.3) is 0 Å². The van der Waals surface area contributed by atoms with Crippen LogP contribution < -0.4 is 20.1 Å². The Balaban J connectivity index is 1.49. The molecule has 0 saturated heterocycles. The fourth-order valence-corrected chi connectivity index (χ4v) is 3.46. The first-order valence-electron chi connectivity index (χ1n) is 13.2. The van der Waals surface area contributed by atoms with Gasteiger partial charge in [0.15, 0.2) is 0 Å². The zero-order chi connectivity index (χ0) is 25.1. The molecule has 0 aliphatic carbocycles. The summed E-state index contributed by atoms with van der Waals surface area (Å²) in [6.07, 6.45) is 9.34. The third-order valence-electron chi connectivity index (χ3n) is 5.69. The van der Waals surface area contributed by atoms with E-state index in [0.717, 1.165) is 69.3 Å². The minimum absolute atomic E-state index is 0.0478. The predicted molar refractivity (Wildman–Crippen MR) is 141 cm³/mol. The second kappa shape index (κ2) is 17.4. The molecule has 0 heterocycles. The Bertz CT molecular complexity index is 778. The molecule has 6 heteroatoms. The van der Waals surface area contributed by atoms with E-state index in [2.05, 4.69) is 24.5 Å². The Labute approximate surface area is 210 Å². The van der Waals surface area contributed by atoms with Crippen molar-refractivity contribution < 1.29 is 19.1 Å². The Hall–Kier alpha value is -3.02. The number of carbonyl (C=O) groups is 2. The van der Waals surface area contributed by atoms with Crippen molar-refractivity contribution in [3.63, 3.8) is 0 Å². The van der Waals surface area contributed by atoms with E-state index in [0.29, 0.717) is 37.4 Å². The first-order valence-corrected chi connectivity index (χ1v) is 13.2. The van der Waals surface area contributed by atoms with Crippen molar-refractivity contribution in [2.75, 3.05) is 26.3 Å². The van der Waals surface area contributed by atoms with Crippen LogP contribution in [0, 0.1) is 0 Å². The Morgan fingerprint density at radius 3 is 1.31 bits per heavy atom. The van der Waals surface area contributed by atoms with E-state index in [1.807, 2.05) is 24.3 Å². The van der Waals surface area contributed by atoms with Gasteiger partial charge in [-0.25, -0.2) is 0 Å². The van der Waals surface area contributed by atoms with Gasteiger partial charge < -0.3 is 20.1 Å². The van der Waals surface area contributed by atoms with E-state index in [1.165, 1.54) is 0 Å². The summed E-state index contributed by atoms with van der Waals surface area (Å²) < 4.78 is 11.3. The van der Waals surface area contributed by atoms with Crippen molar-refractivity contribution in [1.82, 2.24) is 10.6 Å². The van der Waals surface area contributed by atoms with Crippen LogP contribution in [0.5, 0.6) is 11.5 Å². The molecule has 2 amide bonds. The maximum atomic E-state index is 12.2. The lowest BCUT2D eigenvalue weighted by Gasteiger charge is -2.08. The summed E-state index contributed by atoms with van der Waals surface area (Å²) in [4.78, 5) is 24.5. The number of carbonyl (C=O) groups excluding carboxylic acids is 2. The van der Waals surface area contributed by atoms with Gasteiger partial charge in [0.1, 0.15) is 11.5 Å². The molecule has 0 atom stereocenters. The van der Waals surface area contributed by atoms with Crippen LogP contribution in [0.2, 0.25) is 0 Å². The number of nitrogens with one attached hydrogen (secondary N) is 2. The third-order valence-corrected chi connectivity index (χ3v) is 5.69. The third kappa shape index (κ3) is 11.8. The van der Waals surface area contributed by atoms with Gasteiger partial charge in [0.2, 0.25) is 0 Å². The number of unbranched alkanes of at least 4 members (excludes halogenated alkanes) is 6. The number of amides is 2. The van der Waals surface area contributed by atoms with Crippen LogP contribution in [0.4, 0.5) is 0 Å². The molecule has 0 radical (unpaired) electrons. The van der Waals surface area contributed by atoms with E-state index in [4.69, 9.17) is 9.47 Å². The zero-order valence-electron chi connectivity index (χ0n) is 21.4. The lowest BCUT2D eigenvalue weighted by molar-refractivity contribution is 0.0945. The topological polar surface area (TPSA) is 76.7 Å². The number of ether oxygens (including phenoxy) is 2. The molecule has 2 aromatic rings. The summed E-state index contributed by atoms with van der Waals surface area (Å²) in [5.74, 6) is 1.51. The molecular weight excluding hydrogens is 440 g/mol. The van der Waals surface area contributed by atoms with Crippen molar-refractivity contribution in [2.24, 2.45) is 0 Å². The molecule has 0 fully saturated rings. The molecule has 0 unspecified atom stereocenters. The SMILES string of the molecule is CCCCOc1ccc(C(=O)NCCCCCCCNC(=O)c2ccc(OCCCC)cc2)cc1. The maximum absolute atomic E-state index is 12.2. The molecule has 0 aliphatic heterocycles. The number of benzene rings is 2. The monoisotopic (exact) mass is 482 g/mol. The van der Waals surface area contributed by atoms with Gasteiger partial charge in [-0.2, -0.15) is 0 Å². The van der Waals surface area contributed by atoms with Gasteiger partial charge in [-0.05, 0) is 74.2 Å². The van der Waals surface area contributed by atoms with Crippen LogP contribution >= 0.6 is 0 Å². The van der Waals surface area contributed by atoms with Crippen molar-refractivity contribution >= 4 is 11.8 Å². The standard InChI is InChI=1S/C29H42N2O4/c1-3-5-22-34-26-16-12-24(13-17-26)28(32)30-20-10-8-7-9-11-21-31-29(33)25-14-18-27(19-15-25)35-23-6-4-2/h12-19H,3-11,20-23H2,1-2H3,(H,30,32)(H,31,33). The first kappa shape index (κ1) is 28.2. The Morgan fingerprint density at radius 1 is 0.571 bits per heavy atom. The van der Waals surface area contributed by atoms with Gasteiger partial charge in [-0.15, -0.1) is 0 Å². The van der Waals surface area contributed by atoms with Crippen LogP contribution in [0.15, 0.2) is 48.5 Å². The second-order valence-electron chi connectivity index (χ2n) is 8.73. The summed E-state index contributed by atoms with van der Waals surface area (Å²) in [5, 5.41) is 5.96. The molecule has 2 aromatic carbocycles. The molecule has 2 N–H and O–H groups in total. The largest absolute Gasteiger partial charge is 0.494 e. The zero-order valence-corrected chi connectivity index (χ0v) is 21.4. The molecular formula is C29H42N2O4. The van der Waals surface area contributed by atoms with E-state index < -0.39 is 0 Å². The molecule has 2 rings (SSSR count). The van der Waals surface area contributed by atoms with Crippen LogP contribution in [-0.4, -0.2) is 38.1 Å². The molecule has 0 saturated carbocycles. The lowest BCUT2D eigenvalue weighted by atomic mass is 10.1. The predicted octanol–water partition coefficient (Wildman–Crippen LogP) is 6.15. The lowest BCUT2D eigenvalue weighted by Crippen LogP contribution is -2.24. The van der Waals surface area contributed by atoms with Crippen LogP contribution in [0.3, 0.4) is 0 Å². The molecule has 0 aliphatic rings. The van der Waals surface area contributed by atoms with Crippen molar-refractivity contribution in [1.29, 1.82) is 0 Å². The minimum atomic E-state index is -0.0478. The summed E-state index contributed by atoms with van der Waals surface area (Å²) in [6, 6.07) is 14.6. The van der Waals surface area contributed by atoms with Gasteiger partial charge in [-0.1, -0.05) is 46.0 Å². The normalized spacial score (nSPS) is 10.6. The highest BCUT2D eigenvalue weighted by atomic mass is 16.5. The van der Waals surface area contributed by atoms with E-state index >= 15 is 0 Å². The molecule has 35 heavy (non-hydrogen) atoms. The number of hydrogen-bond donors (Lipinski definition) is 2. The van der Waals surface area contributed by atoms with Crippen LogP contribution in [0.1, 0.15) is 92.4 Å². The first-order chi connectivity index (χ1) is 17.1. The van der Waals surface area contributed by atoms with E-state index in [9.17, 15) is 9.59 Å². The Kier molecular flexibility index (Phi) is 14.0. The molecule has 0 bridgehead atoms. The van der Waals surface area contributed by atoms with Gasteiger partial charge in [-0.3, -0.25) is 9.59 Å². The highest BCUT2D eigenvalue weighted by molar-refractivity contribution is 5.94. The molecule has 6 nitrogen and oxygen atoms in total. The summed E-state index contributed by atoms with van der Waals surface area (Å²) in [5.41, 5.74) is 1.31. The highest BCUT2D eigenvalue weighted by Crippen LogP contribution is 2.14. The van der Waals surface area contributed by atoms with Gasteiger partial charge >= 0.3 is 0 Å². The number of hydrogen-bond acceptors (Lipinski definition) is 4. The highest BCUT2D eigenvalue weighted by Gasteiger charge is 2.06. The fraction of sp³-hybridized carbons (Fsp3) is 0.517. The maximum Gasteiger partial charge on any atom is 0.251 e.